The fraction of sp³-hybridized carbons (Fsp3) is 0.500. The third-order valence-corrected chi connectivity index (χ3v) is 3.80. The highest BCUT2D eigenvalue weighted by Crippen LogP contribution is 2.28. The average molecular weight is 363 g/mol. The third kappa shape index (κ3) is 7.17. The second kappa shape index (κ2) is 10.5. The minimum absolute atomic E-state index is 0.202. The molecule has 0 radical (unpaired) electrons. The Bertz CT molecular complexity index is 637. The van der Waals surface area contributed by atoms with E-state index in [9.17, 15) is 9.59 Å². The van der Waals surface area contributed by atoms with E-state index in [-0.39, 0.29) is 5.92 Å². The molecule has 1 rings (SSSR count). The first kappa shape index (κ1) is 21.5. The second-order valence-electron chi connectivity index (χ2n) is 6.84. The van der Waals surface area contributed by atoms with Gasteiger partial charge < -0.3 is 19.9 Å². The van der Waals surface area contributed by atoms with Gasteiger partial charge >= 0.3 is 5.97 Å². The van der Waals surface area contributed by atoms with Gasteiger partial charge in [-0.1, -0.05) is 33.8 Å². The molecule has 26 heavy (non-hydrogen) atoms. The standard InChI is InChI=1S/C20H29NO5/c1-13(2)10-11-26-16-8-6-15(12-17(16)25-5)7-9-18(22)21-19(14(3)4)20(23)24/h6-9,12-14,19H,10-11H2,1-5H3,(H,21,22)(H,23,24)/b9-7+. The molecule has 0 heterocycles. The van der Waals surface area contributed by atoms with Gasteiger partial charge in [-0.05, 0) is 42.0 Å². The Labute approximate surface area is 155 Å². The lowest BCUT2D eigenvalue weighted by molar-refractivity contribution is -0.142. The number of carbonyl (C=O) groups excluding carboxylic acids is 1. The van der Waals surface area contributed by atoms with Crippen LogP contribution in [0.15, 0.2) is 24.3 Å². The van der Waals surface area contributed by atoms with E-state index >= 15 is 0 Å². The van der Waals surface area contributed by atoms with Gasteiger partial charge in [-0.3, -0.25) is 4.79 Å². The van der Waals surface area contributed by atoms with Crippen molar-refractivity contribution in [1.29, 1.82) is 0 Å². The molecule has 0 saturated carbocycles. The van der Waals surface area contributed by atoms with Crippen LogP contribution in [0.2, 0.25) is 0 Å². The lowest BCUT2D eigenvalue weighted by atomic mass is 10.0. The quantitative estimate of drug-likeness (QED) is 0.623. The Hall–Kier alpha value is -2.50. The lowest BCUT2D eigenvalue weighted by Gasteiger charge is -2.16. The van der Waals surface area contributed by atoms with Crippen LogP contribution in [0.4, 0.5) is 0 Å². The van der Waals surface area contributed by atoms with Crippen LogP contribution in [0.1, 0.15) is 39.7 Å². The first-order valence-electron chi connectivity index (χ1n) is 8.76. The van der Waals surface area contributed by atoms with E-state index in [1.807, 2.05) is 6.07 Å². The van der Waals surface area contributed by atoms with E-state index < -0.39 is 17.9 Å². The van der Waals surface area contributed by atoms with E-state index in [2.05, 4.69) is 19.2 Å². The van der Waals surface area contributed by atoms with Crippen molar-refractivity contribution < 1.29 is 24.2 Å². The van der Waals surface area contributed by atoms with Gasteiger partial charge in [-0.15, -0.1) is 0 Å². The van der Waals surface area contributed by atoms with Crippen LogP contribution in [0.25, 0.3) is 6.08 Å². The number of rotatable bonds is 10. The van der Waals surface area contributed by atoms with Gasteiger partial charge in [0.2, 0.25) is 5.91 Å². The molecule has 144 valence electrons. The summed E-state index contributed by atoms with van der Waals surface area (Å²) < 4.78 is 11.1. The van der Waals surface area contributed by atoms with Crippen molar-refractivity contribution in [3.8, 4) is 11.5 Å². The number of amides is 1. The molecule has 1 atom stereocenters. The van der Waals surface area contributed by atoms with Gasteiger partial charge in [0.25, 0.3) is 0 Å². The minimum atomic E-state index is -1.05. The number of nitrogens with one attached hydrogen (secondary N) is 1. The van der Waals surface area contributed by atoms with Gasteiger partial charge in [-0.2, -0.15) is 0 Å². The Morgan fingerprint density at radius 1 is 1.19 bits per heavy atom. The number of aliphatic carboxylic acids is 1. The van der Waals surface area contributed by atoms with E-state index in [1.165, 1.54) is 6.08 Å². The number of carbonyl (C=O) groups is 2. The molecule has 6 nitrogen and oxygen atoms in total. The minimum Gasteiger partial charge on any atom is -0.493 e. The molecular formula is C20H29NO5. The molecule has 1 amide bonds. The van der Waals surface area contributed by atoms with Gasteiger partial charge in [0.1, 0.15) is 6.04 Å². The summed E-state index contributed by atoms with van der Waals surface area (Å²) in [7, 11) is 1.56. The predicted molar refractivity (Wildman–Crippen MR) is 101 cm³/mol. The van der Waals surface area contributed by atoms with Crippen molar-refractivity contribution in [2.45, 2.75) is 40.2 Å². The van der Waals surface area contributed by atoms with Crippen molar-refractivity contribution in [3.05, 3.63) is 29.8 Å². The Kier molecular flexibility index (Phi) is 8.68. The molecule has 0 fully saturated rings. The zero-order valence-electron chi connectivity index (χ0n) is 16.1. The Morgan fingerprint density at radius 3 is 2.42 bits per heavy atom. The van der Waals surface area contributed by atoms with Gasteiger partial charge in [0.05, 0.1) is 13.7 Å². The summed E-state index contributed by atoms with van der Waals surface area (Å²) in [5.41, 5.74) is 0.754. The van der Waals surface area contributed by atoms with Crippen LogP contribution < -0.4 is 14.8 Å². The Morgan fingerprint density at radius 2 is 1.88 bits per heavy atom. The van der Waals surface area contributed by atoms with Crippen molar-refractivity contribution in [2.24, 2.45) is 11.8 Å². The summed E-state index contributed by atoms with van der Waals surface area (Å²) in [5.74, 6) is 0.0884. The second-order valence-corrected chi connectivity index (χ2v) is 6.84. The molecule has 0 bridgehead atoms. The molecule has 0 saturated heterocycles. The number of carboxylic acid groups (broad SMARTS) is 1. The van der Waals surface area contributed by atoms with Crippen molar-refractivity contribution >= 4 is 18.0 Å². The first-order chi connectivity index (χ1) is 12.2. The number of methoxy groups -OCH3 is 1. The molecule has 0 aliphatic carbocycles. The van der Waals surface area contributed by atoms with E-state index in [1.54, 1.807) is 39.2 Å². The zero-order valence-corrected chi connectivity index (χ0v) is 16.1. The summed E-state index contributed by atoms with van der Waals surface area (Å²) in [6, 6.07) is 4.46. The molecule has 1 unspecified atom stereocenters. The van der Waals surface area contributed by atoms with Crippen LogP contribution in [-0.2, 0) is 9.59 Å². The van der Waals surface area contributed by atoms with Gasteiger partial charge in [0.15, 0.2) is 11.5 Å². The summed E-state index contributed by atoms with van der Waals surface area (Å²) in [6.07, 6.45) is 3.87. The van der Waals surface area contributed by atoms with E-state index in [0.29, 0.717) is 24.0 Å². The van der Waals surface area contributed by atoms with E-state index in [0.717, 1.165) is 12.0 Å². The number of benzene rings is 1. The van der Waals surface area contributed by atoms with Crippen LogP contribution in [0, 0.1) is 11.8 Å². The summed E-state index contributed by atoms with van der Waals surface area (Å²) in [5, 5.41) is 11.6. The summed E-state index contributed by atoms with van der Waals surface area (Å²) in [4.78, 5) is 23.1. The van der Waals surface area contributed by atoms with Crippen LogP contribution >= 0.6 is 0 Å². The monoisotopic (exact) mass is 363 g/mol. The van der Waals surface area contributed by atoms with Crippen LogP contribution in [0.3, 0.4) is 0 Å². The molecular weight excluding hydrogens is 334 g/mol. The zero-order chi connectivity index (χ0) is 19.7. The topological polar surface area (TPSA) is 84.9 Å². The maximum atomic E-state index is 11.9. The first-order valence-corrected chi connectivity index (χ1v) is 8.76. The maximum absolute atomic E-state index is 11.9. The molecule has 2 N–H and O–H groups in total. The molecule has 6 heteroatoms. The van der Waals surface area contributed by atoms with Gasteiger partial charge in [-0.25, -0.2) is 4.79 Å². The summed E-state index contributed by atoms with van der Waals surface area (Å²) in [6.45, 7) is 8.36. The van der Waals surface area contributed by atoms with Crippen LogP contribution in [-0.4, -0.2) is 36.7 Å². The number of hydrogen-bond acceptors (Lipinski definition) is 4. The molecule has 0 aromatic heterocycles. The highest BCUT2D eigenvalue weighted by atomic mass is 16.5. The fourth-order valence-electron chi connectivity index (χ4n) is 2.20. The molecule has 0 aliphatic heterocycles. The number of carboxylic acids is 1. The van der Waals surface area contributed by atoms with Crippen molar-refractivity contribution in [2.75, 3.05) is 13.7 Å². The number of ether oxygens (including phenoxy) is 2. The SMILES string of the molecule is COc1cc(/C=C/C(=O)NC(C(=O)O)C(C)C)ccc1OCCC(C)C. The van der Waals surface area contributed by atoms with Crippen molar-refractivity contribution in [3.63, 3.8) is 0 Å². The van der Waals surface area contributed by atoms with Crippen molar-refractivity contribution in [1.82, 2.24) is 5.32 Å². The Balaban J connectivity index is 2.75. The molecule has 1 aromatic rings. The van der Waals surface area contributed by atoms with Crippen LogP contribution in [0.5, 0.6) is 11.5 Å². The number of hydrogen-bond donors (Lipinski definition) is 2. The largest absolute Gasteiger partial charge is 0.493 e. The third-order valence-electron chi connectivity index (χ3n) is 3.80. The van der Waals surface area contributed by atoms with Gasteiger partial charge in [0, 0.05) is 6.08 Å². The highest BCUT2D eigenvalue weighted by molar-refractivity contribution is 5.94. The maximum Gasteiger partial charge on any atom is 0.326 e. The smallest absolute Gasteiger partial charge is 0.326 e. The molecule has 1 aromatic carbocycles. The predicted octanol–water partition coefficient (Wildman–Crippen LogP) is 3.36. The fourth-order valence-corrected chi connectivity index (χ4v) is 2.20. The molecule has 0 aliphatic rings. The summed E-state index contributed by atoms with van der Waals surface area (Å²) >= 11 is 0. The normalized spacial score (nSPS) is 12.4. The highest BCUT2D eigenvalue weighted by Gasteiger charge is 2.22. The van der Waals surface area contributed by atoms with E-state index in [4.69, 9.17) is 14.6 Å². The average Bonchev–Trinajstić information content (AvgIpc) is 2.57. The lowest BCUT2D eigenvalue weighted by Crippen LogP contribution is -2.43. The molecule has 0 spiro atoms.